The van der Waals surface area contributed by atoms with Crippen LogP contribution in [0.25, 0.3) is 0 Å². The van der Waals surface area contributed by atoms with Crippen LogP contribution in [0, 0.1) is 0 Å². The van der Waals surface area contributed by atoms with Crippen molar-refractivity contribution in [2.45, 2.75) is 30.7 Å². The molecule has 1 saturated carbocycles. The van der Waals surface area contributed by atoms with E-state index < -0.39 is 0 Å². The number of nitrogens with two attached hydrogens (primary N) is 1. The van der Waals surface area contributed by atoms with E-state index in [-0.39, 0.29) is 11.4 Å². The van der Waals surface area contributed by atoms with Gasteiger partial charge in [-0.05, 0) is 12.8 Å². The summed E-state index contributed by atoms with van der Waals surface area (Å²) >= 11 is 5.74. The van der Waals surface area contributed by atoms with E-state index in [9.17, 15) is 0 Å². The summed E-state index contributed by atoms with van der Waals surface area (Å²) in [6, 6.07) is 0.279. The summed E-state index contributed by atoms with van der Waals surface area (Å²) in [5.74, 6) is 0. The van der Waals surface area contributed by atoms with E-state index in [4.69, 9.17) is 17.3 Å². The second kappa shape index (κ2) is 2.01. The van der Waals surface area contributed by atoms with E-state index in [1.165, 1.54) is 6.42 Å². The molecule has 2 atom stereocenters. The summed E-state index contributed by atoms with van der Waals surface area (Å²) in [7, 11) is 0. The van der Waals surface area contributed by atoms with Gasteiger partial charge in [0.05, 0.1) is 0 Å². The van der Waals surface area contributed by atoms with Crippen molar-refractivity contribution in [2.75, 3.05) is 0 Å². The molecule has 7 heavy (non-hydrogen) atoms. The highest BCUT2D eigenvalue weighted by atomic mass is 35.5. The van der Waals surface area contributed by atoms with Crippen LogP contribution < -0.4 is 5.73 Å². The van der Waals surface area contributed by atoms with E-state index in [0.717, 1.165) is 12.8 Å². The summed E-state index contributed by atoms with van der Waals surface area (Å²) in [6.45, 7) is 0. The quantitative estimate of drug-likeness (QED) is 0.475. The van der Waals surface area contributed by atoms with Gasteiger partial charge in [-0.2, -0.15) is 0 Å². The molecule has 0 heterocycles. The zero-order chi connectivity index (χ0) is 5.28. The van der Waals surface area contributed by atoms with Crippen LogP contribution in [0.15, 0.2) is 0 Å². The van der Waals surface area contributed by atoms with Gasteiger partial charge in [-0.15, -0.1) is 11.6 Å². The highest BCUT2D eigenvalue weighted by Crippen LogP contribution is 2.21. The van der Waals surface area contributed by atoms with Crippen molar-refractivity contribution in [3.05, 3.63) is 0 Å². The van der Waals surface area contributed by atoms with Crippen LogP contribution in [-0.4, -0.2) is 11.4 Å². The summed E-state index contributed by atoms with van der Waals surface area (Å²) < 4.78 is 0. The Hall–Kier alpha value is 0.250. The molecule has 1 aliphatic carbocycles. The Kier molecular flexibility index (Phi) is 1.55. The van der Waals surface area contributed by atoms with Gasteiger partial charge < -0.3 is 5.73 Å². The standard InChI is InChI=1S/C5H10ClN/c6-4-2-1-3-5(4)7/h4-5H,1-3,7H2. The van der Waals surface area contributed by atoms with Crippen molar-refractivity contribution >= 4 is 11.6 Å². The maximum atomic E-state index is 5.74. The highest BCUT2D eigenvalue weighted by molar-refractivity contribution is 6.21. The Labute approximate surface area is 48.8 Å². The van der Waals surface area contributed by atoms with Crippen molar-refractivity contribution in [1.29, 1.82) is 0 Å². The smallest absolute Gasteiger partial charge is 0.0487 e. The monoisotopic (exact) mass is 119 g/mol. The largest absolute Gasteiger partial charge is 0.326 e. The van der Waals surface area contributed by atoms with Gasteiger partial charge in [0.25, 0.3) is 0 Å². The molecule has 2 unspecified atom stereocenters. The predicted molar refractivity (Wildman–Crippen MR) is 31.5 cm³/mol. The van der Waals surface area contributed by atoms with Crippen molar-refractivity contribution < 1.29 is 0 Å². The average molecular weight is 120 g/mol. The topological polar surface area (TPSA) is 26.0 Å². The number of hydrogen-bond donors (Lipinski definition) is 1. The highest BCUT2D eigenvalue weighted by Gasteiger charge is 2.20. The number of alkyl halides is 1. The lowest BCUT2D eigenvalue weighted by Gasteiger charge is -2.03. The van der Waals surface area contributed by atoms with E-state index in [1.807, 2.05) is 0 Å². The first-order valence-corrected chi connectivity index (χ1v) is 3.14. The third-order valence-electron chi connectivity index (χ3n) is 1.48. The molecule has 1 nitrogen and oxygen atoms in total. The minimum absolute atomic E-state index is 0.264. The predicted octanol–water partition coefficient (Wildman–Crippen LogP) is 1.10. The molecule has 0 aliphatic heterocycles. The second-order valence-electron chi connectivity index (χ2n) is 2.11. The molecule has 0 aromatic carbocycles. The number of halogens is 1. The maximum absolute atomic E-state index is 5.74. The zero-order valence-corrected chi connectivity index (χ0v) is 4.99. The van der Waals surface area contributed by atoms with Gasteiger partial charge in [-0.3, -0.25) is 0 Å². The third kappa shape index (κ3) is 1.07. The molecule has 0 radical (unpaired) electrons. The maximum Gasteiger partial charge on any atom is 0.0487 e. The van der Waals surface area contributed by atoms with Gasteiger partial charge in [0.15, 0.2) is 0 Å². The Morgan fingerprint density at radius 2 is 2.14 bits per heavy atom. The zero-order valence-electron chi connectivity index (χ0n) is 4.23. The minimum atomic E-state index is 0.264. The molecule has 2 N–H and O–H groups in total. The van der Waals surface area contributed by atoms with Gasteiger partial charge in [0, 0.05) is 11.4 Å². The molecule has 0 bridgehead atoms. The molecule has 0 saturated heterocycles. The first-order chi connectivity index (χ1) is 3.30. The van der Waals surface area contributed by atoms with Gasteiger partial charge in [-0.1, -0.05) is 6.42 Å². The van der Waals surface area contributed by atoms with Crippen molar-refractivity contribution in [3.8, 4) is 0 Å². The van der Waals surface area contributed by atoms with Gasteiger partial charge >= 0.3 is 0 Å². The molecule has 0 spiro atoms. The fourth-order valence-electron chi connectivity index (χ4n) is 0.943. The molecular weight excluding hydrogens is 110 g/mol. The lowest BCUT2D eigenvalue weighted by molar-refractivity contribution is 0.710. The Morgan fingerprint density at radius 3 is 2.29 bits per heavy atom. The van der Waals surface area contributed by atoms with E-state index >= 15 is 0 Å². The molecule has 0 aromatic heterocycles. The van der Waals surface area contributed by atoms with Gasteiger partial charge in [0.2, 0.25) is 0 Å². The third-order valence-corrected chi connectivity index (χ3v) is 2.02. The first-order valence-electron chi connectivity index (χ1n) is 2.70. The molecule has 2 heteroatoms. The Bertz CT molecular complexity index is 57.1. The van der Waals surface area contributed by atoms with E-state index in [0.29, 0.717) is 0 Å². The SMILES string of the molecule is NC1CCCC1Cl. The first kappa shape index (κ1) is 5.39. The lowest BCUT2D eigenvalue weighted by Crippen LogP contribution is -2.24. The second-order valence-corrected chi connectivity index (χ2v) is 2.67. The normalized spacial score (nSPS) is 42.0. The van der Waals surface area contributed by atoms with Gasteiger partial charge in [-0.25, -0.2) is 0 Å². The van der Waals surface area contributed by atoms with Gasteiger partial charge in [0.1, 0.15) is 0 Å². The summed E-state index contributed by atoms with van der Waals surface area (Å²) in [6.07, 6.45) is 3.45. The van der Waals surface area contributed by atoms with Crippen molar-refractivity contribution in [1.82, 2.24) is 0 Å². The van der Waals surface area contributed by atoms with Crippen LogP contribution in [0.1, 0.15) is 19.3 Å². The van der Waals surface area contributed by atoms with Crippen LogP contribution in [0.5, 0.6) is 0 Å². The minimum Gasteiger partial charge on any atom is -0.326 e. The van der Waals surface area contributed by atoms with Crippen LogP contribution >= 0.6 is 11.6 Å². The molecule has 1 fully saturated rings. The number of rotatable bonds is 0. The molecule has 42 valence electrons. The fourth-order valence-corrected chi connectivity index (χ4v) is 1.22. The van der Waals surface area contributed by atoms with E-state index in [1.54, 1.807) is 0 Å². The number of hydrogen-bond acceptors (Lipinski definition) is 1. The lowest BCUT2D eigenvalue weighted by atomic mass is 10.3. The van der Waals surface area contributed by atoms with Crippen LogP contribution in [-0.2, 0) is 0 Å². The molecule has 0 aromatic rings. The summed E-state index contributed by atoms with van der Waals surface area (Å²) in [5, 5.41) is 0.264. The van der Waals surface area contributed by atoms with Crippen LogP contribution in [0.4, 0.5) is 0 Å². The fraction of sp³-hybridized carbons (Fsp3) is 1.00. The molecule has 1 rings (SSSR count). The van der Waals surface area contributed by atoms with Crippen molar-refractivity contribution in [3.63, 3.8) is 0 Å². The molecule has 0 amide bonds. The summed E-state index contributed by atoms with van der Waals surface area (Å²) in [4.78, 5) is 0. The average Bonchev–Trinajstić information content (AvgIpc) is 1.91. The molecule has 1 aliphatic rings. The molecular formula is C5H10ClN. The van der Waals surface area contributed by atoms with Crippen LogP contribution in [0.2, 0.25) is 0 Å². The van der Waals surface area contributed by atoms with E-state index in [2.05, 4.69) is 0 Å². The Balaban J connectivity index is 2.33. The summed E-state index contributed by atoms with van der Waals surface area (Å²) in [5.41, 5.74) is 5.55. The van der Waals surface area contributed by atoms with Crippen molar-refractivity contribution in [2.24, 2.45) is 5.73 Å². The van der Waals surface area contributed by atoms with Crippen LogP contribution in [0.3, 0.4) is 0 Å². The Morgan fingerprint density at radius 1 is 1.43 bits per heavy atom.